The van der Waals surface area contributed by atoms with Crippen LogP contribution in [0.15, 0.2) is 18.2 Å². The van der Waals surface area contributed by atoms with Gasteiger partial charge in [-0.25, -0.2) is 0 Å². The minimum Gasteiger partial charge on any atom is -0.457 e. The molecule has 2 atom stereocenters. The molecule has 1 aliphatic carbocycles. The summed E-state index contributed by atoms with van der Waals surface area (Å²) >= 11 is 0. The number of amides is 2. The maximum Gasteiger partial charge on any atom is 0.308 e. The van der Waals surface area contributed by atoms with E-state index in [1.54, 1.807) is 6.07 Å². The van der Waals surface area contributed by atoms with Gasteiger partial charge in [0.2, 0.25) is 17.6 Å². The van der Waals surface area contributed by atoms with Crippen LogP contribution in [-0.4, -0.2) is 41.6 Å². The van der Waals surface area contributed by atoms with Gasteiger partial charge in [-0.05, 0) is 32.3 Å². The zero-order valence-corrected chi connectivity index (χ0v) is 15.8. The summed E-state index contributed by atoms with van der Waals surface area (Å²) in [4.78, 5) is 50.2. The topological polar surface area (TPSA) is 80.8 Å². The van der Waals surface area contributed by atoms with Crippen LogP contribution in [-0.2, 0) is 19.1 Å². The predicted octanol–water partition coefficient (Wildman–Crippen LogP) is 2.59. The molecular formula is C21H25NO5. The molecule has 1 aromatic carbocycles. The number of carbonyl (C=O) groups is 4. The van der Waals surface area contributed by atoms with Crippen LogP contribution < -0.4 is 0 Å². The lowest BCUT2D eigenvalue weighted by Gasteiger charge is -2.19. The van der Waals surface area contributed by atoms with E-state index in [0.29, 0.717) is 5.56 Å². The molecule has 2 amide bonds. The number of imide groups is 1. The molecule has 0 spiro atoms. The number of benzene rings is 1. The number of hydrogen-bond acceptors (Lipinski definition) is 5. The lowest BCUT2D eigenvalue weighted by atomic mass is 9.81. The molecule has 27 heavy (non-hydrogen) atoms. The number of ether oxygens (including phenoxy) is 1. The Morgan fingerprint density at radius 1 is 1.07 bits per heavy atom. The number of Topliss-reactive ketones (excluding diaryl/α,β-unsaturated/α-hetero) is 1. The van der Waals surface area contributed by atoms with Gasteiger partial charge in [0.1, 0.15) is 0 Å². The minimum absolute atomic E-state index is 0.0290. The van der Waals surface area contributed by atoms with E-state index in [-0.39, 0.29) is 49.0 Å². The Labute approximate surface area is 158 Å². The highest BCUT2D eigenvalue weighted by Crippen LogP contribution is 2.37. The Hall–Kier alpha value is -2.50. The van der Waals surface area contributed by atoms with Crippen molar-refractivity contribution in [2.45, 2.75) is 46.0 Å². The maximum absolute atomic E-state index is 12.4. The zero-order valence-electron chi connectivity index (χ0n) is 15.8. The fourth-order valence-electron chi connectivity index (χ4n) is 4.08. The highest BCUT2D eigenvalue weighted by Gasteiger charge is 2.47. The average molecular weight is 371 g/mol. The second-order valence-corrected chi connectivity index (χ2v) is 7.48. The Balaban J connectivity index is 1.49. The van der Waals surface area contributed by atoms with Gasteiger partial charge >= 0.3 is 5.97 Å². The van der Waals surface area contributed by atoms with Gasteiger partial charge in [-0.1, -0.05) is 36.6 Å². The van der Waals surface area contributed by atoms with Crippen molar-refractivity contribution in [2.75, 3.05) is 13.2 Å². The summed E-state index contributed by atoms with van der Waals surface area (Å²) < 4.78 is 5.05. The number of likely N-dealkylation sites (tertiary alicyclic amines) is 1. The molecule has 0 unspecified atom stereocenters. The Morgan fingerprint density at radius 3 is 2.30 bits per heavy atom. The Bertz CT molecular complexity index is 761. The summed E-state index contributed by atoms with van der Waals surface area (Å²) in [7, 11) is 0. The number of hydrogen-bond donors (Lipinski definition) is 0. The Kier molecular flexibility index (Phi) is 5.73. The third kappa shape index (κ3) is 4.10. The average Bonchev–Trinajstić information content (AvgIpc) is 2.89. The van der Waals surface area contributed by atoms with Crippen LogP contribution in [0.4, 0.5) is 0 Å². The molecule has 1 saturated heterocycles. The van der Waals surface area contributed by atoms with Gasteiger partial charge < -0.3 is 4.74 Å². The number of esters is 1. The normalized spacial score (nSPS) is 21.9. The maximum atomic E-state index is 12.4. The van der Waals surface area contributed by atoms with Crippen molar-refractivity contribution >= 4 is 23.6 Å². The first-order valence-electron chi connectivity index (χ1n) is 9.50. The number of nitrogens with zero attached hydrogens (tertiary/aromatic N) is 1. The van der Waals surface area contributed by atoms with Crippen LogP contribution in [0.25, 0.3) is 0 Å². The smallest absolute Gasteiger partial charge is 0.308 e. The van der Waals surface area contributed by atoms with E-state index in [9.17, 15) is 19.2 Å². The van der Waals surface area contributed by atoms with Crippen molar-refractivity contribution in [1.29, 1.82) is 0 Å². The molecule has 6 nitrogen and oxygen atoms in total. The molecule has 0 N–H and O–H groups in total. The summed E-state index contributed by atoms with van der Waals surface area (Å²) in [6.45, 7) is 3.47. The third-order valence-electron chi connectivity index (χ3n) is 5.52. The van der Waals surface area contributed by atoms with Gasteiger partial charge in [-0.15, -0.1) is 0 Å². The lowest BCUT2D eigenvalue weighted by Crippen LogP contribution is -2.33. The number of fused-ring (bicyclic) bond motifs is 1. The summed E-state index contributed by atoms with van der Waals surface area (Å²) in [6.07, 6.45) is 3.35. The molecular weight excluding hydrogens is 346 g/mol. The summed E-state index contributed by atoms with van der Waals surface area (Å²) in [5, 5.41) is 0. The molecule has 0 bridgehead atoms. The summed E-state index contributed by atoms with van der Waals surface area (Å²) in [5.74, 6) is -1.60. The van der Waals surface area contributed by atoms with Crippen LogP contribution >= 0.6 is 0 Å². The molecule has 144 valence electrons. The van der Waals surface area contributed by atoms with Gasteiger partial charge in [0.25, 0.3) is 0 Å². The van der Waals surface area contributed by atoms with E-state index < -0.39 is 5.97 Å². The molecule has 2 fully saturated rings. The lowest BCUT2D eigenvalue weighted by molar-refractivity contribution is -0.145. The highest BCUT2D eigenvalue weighted by molar-refractivity contribution is 6.05. The second-order valence-electron chi connectivity index (χ2n) is 7.48. The second kappa shape index (κ2) is 8.03. The first-order chi connectivity index (χ1) is 12.9. The largest absolute Gasteiger partial charge is 0.457 e. The van der Waals surface area contributed by atoms with E-state index in [1.165, 1.54) is 4.90 Å². The van der Waals surface area contributed by atoms with Gasteiger partial charge in [-0.3, -0.25) is 24.1 Å². The van der Waals surface area contributed by atoms with Crippen molar-refractivity contribution in [2.24, 2.45) is 11.8 Å². The fourth-order valence-corrected chi connectivity index (χ4v) is 4.08. The van der Waals surface area contributed by atoms with Gasteiger partial charge in [-0.2, -0.15) is 0 Å². The first-order valence-corrected chi connectivity index (χ1v) is 9.50. The SMILES string of the molecule is Cc1ccc(C(=O)COC(=O)CCN2C(=O)[C@@H]3CCCC[C@H]3C2=O)c(C)c1. The molecule has 0 radical (unpaired) electrons. The number of carbonyl (C=O) groups excluding carboxylic acids is 4. The molecule has 1 heterocycles. The number of ketones is 1. The molecule has 3 rings (SSSR count). The predicted molar refractivity (Wildman–Crippen MR) is 98.0 cm³/mol. The standard InChI is InChI=1S/C21H25NO5/c1-13-7-8-15(14(2)11-13)18(23)12-27-19(24)9-10-22-20(25)16-5-3-4-6-17(16)21(22)26/h7-8,11,16-17H,3-6,9-10,12H2,1-2H3/t16-,17-/m1/s1. The van der Waals surface area contributed by atoms with E-state index in [2.05, 4.69) is 0 Å². The van der Waals surface area contributed by atoms with Crippen molar-refractivity contribution in [3.05, 3.63) is 34.9 Å². The van der Waals surface area contributed by atoms with Gasteiger partial charge in [0.05, 0.1) is 18.3 Å². The van der Waals surface area contributed by atoms with Crippen LogP contribution in [0.5, 0.6) is 0 Å². The van der Waals surface area contributed by atoms with Gasteiger partial charge in [0, 0.05) is 12.1 Å². The quantitative estimate of drug-likeness (QED) is 0.436. The van der Waals surface area contributed by atoms with E-state index in [0.717, 1.165) is 36.8 Å². The highest BCUT2D eigenvalue weighted by atomic mass is 16.5. The number of rotatable bonds is 6. The third-order valence-corrected chi connectivity index (χ3v) is 5.52. The Morgan fingerprint density at radius 2 is 1.70 bits per heavy atom. The van der Waals surface area contributed by atoms with Crippen LogP contribution in [0, 0.1) is 25.7 Å². The van der Waals surface area contributed by atoms with Crippen molar-refractivity contribution in [1.82, 2.24) is 4.90 Å². The van der Waals surface area contributed by atoms with Crippen LogP contribution in [0.2, 0.25) is 0 Å². The zero-order chi connectivity index (χ0) is 19.6. The minimum atomic E-state index is -0.580. The molecule has 1 aliphatic heterocycles. The first kappa shape index (κ1) is 19.3. The molecule has 6 heteroatoms. The van der Waals surface area contributed by atoms with Crippen LogP contribution in [0.1, 0.15) is 53.6 Å². The molecule has 0 aromatic heterocycles. The summed E-state index contributed by atoms with van der Waals surface area (Å²) in [5.41, 5.74) is 2.43. The van der Waals surface area contributed by atoms with E-state index in [4.69, 9.17) is 4.74 Å². The van der Waals surface area contributed by atoms with Crippen molar-refractivity contribution < 1.29 is 23.9 Å². The van der Waals surface area contributed by atoms with E-state index in [1.807, 2.05) is 26.0 Å². The summed E-state index contributed by atoms with van der Waals surface area (Å²) in [6, 6.07) is 5.47. The van der Waals surface area contributed by atoms with Gasteiger partial charge in [0.15, 0.2) is 6.61 Å². The van der Waals surface area contributed by atoms with Crippen LogP contribution in [0.3, 0.4) is 0 Å². The van der Waals surface area contributed by atoms with E-state index >= 15 is 0 Å². The van der Waals surface area contributed by atoms with Crippen molar-refractivity contribution in [3.8, 4) is 0 Å². The van der Waals surface area contributed by atoms with Crippen molar-refractivity contribution in [3.63, 3.8) is 0 Å². The molecule has 1 aromatic rings. The molecule has 2 aliphatic rings. The monoisotopic (exact) mass is 371 g/mol. The molecule has 1 saturated carbocycles. The fraction of sp³-hybridized carbons (Fsp3) is 0.524. The number of aryl methyl sites for hydroxylation is 2.